The van der Waals surface area contributed by atoms with Crippen LogP contribution in [0.5, 0.6) is 0 Å². The fourth-order valence-corrected chi connectivity index (χ4v) is 1.86. The second-order valence-corrected chi connectivity index (χ2v) is 5.54. The number of para-hydroxylation sites is 1. The molecule has 0 spiro atoms. The standard InChI is InChI=1S/C16H18F2N4O/c1-9(2)8-19-15(23)13-7-10(3)20-16(21-13)22-14-11(17)5-4-6-12(14)18/h4-7,9H,8H2,1-3H3,(H,19,23)(H,20,21,22). The number of nitrogens with one attached hydrogen (secondary N) is 2. The van der Waals surface area contributed by atoms with E-state index in [0.717, 1.165) is 12.1 Å². The van der Waals surface area contributed by atoms with Gasteiger partial charge in [0.1, 0.15) is 23.0 Å². The van der Waals surface area contributed by atoms with Crippen molar-refractivity contribution >= 4 is 17.5 Å². The number of aromatic nitrogens is 2. The predicted octanol–water partition coefficient (Wildman–Crippen LogP) is 3.19. The van der Waals surface area contributed by atoms with Gasteiger partial charge >= 0.3 is 0 Å². The van der Waals surface area contributed by atoms with Gasteiger partial charge in [0.2, 0.25) is 5.95 Å². The lowest BCUT2D eigenvalue weighted by molar-refractivity contribution is 0.0944. The number of anilines is 2. The summed E-state index contributed by atoms with van der Waals surface area (Å²) in [5.41, 5.74) is 0.290. The van der Waals surface area contributed by atoms with Crippen molar-refractivity contribution in [3.05, 3.63) is 47.3 Å². The van der Waals surface area contributed by atoms with Crippen LogP contribution in [0, 0.1) is 24.5 Å². The number of aryl methyl sites for hydroxylation is 1. The second kappa shape index (κ2) is 7.13. The minimum atomic E-state index is -0.763. The highest BCUT2D eigenvalue weighted by Gasteiger charge is 2.14. The van der Waals surface area contributed by atoms with Crippen molar-refractivity contribution in [1.82, 2.24) is 15.3 Å². The molecule has 0 unspecified atom stereocenters. The molecule has 0 saturated carbocycles. The maximum Gasteiger partial charge on any atom is 0.270 e. The molecule has 0 aliphatic rings. The van der Waals surface area contributed by atoms with E-state index in [4.69, 9.17) is 0 Å². The minimum absolute atomic E-state index is 0.0382. The molecule has 7 heteroatoms. The van der Waals surface area contributed by atoms with Gasteiger partial charge in [-0.1, -0.05) is 19.9 Å². The Labute approximate surface area is 133 Å². The molecule has 0 atom stereocenters. The van der Waals surface area contributed by atoms with Gasteiger partial charge in [0.05, 0.1) is 0 Å². The van der Waals surface area contributed by atoms with Crippen LogP contribution in [0.3, 0.4) is 0 Å². The first-order valence-corrected chi connectivity index (χ1v) is 7.21. The van der Waals surface area contributed by atoms with Crippen LogP contribution in [0.25, 0.3) is 0 Å². The molecular weight excluding hydrogens is 302 g/mol. The highest BCUT2D eigenvalue weighted by atomic mass is 19.1. The predicted molar refractivity (Wildman–Crippen MR) is 83.6 cm³/mol. The summed E-state index contributed by atoms with van der Waals surface area (Å²) in [5.74, 6) is -1.63. The molecule has 1 amide bonds. The van der Waals surface area contributed by atoms with Crippen molar-refractivity contribution in [2.24, 2.45) is 5.92 Å². The van der Waals surface area contributed by atoms with Gasteiger partial charge in [-0.25, -0.2) is 18.7 Å². The molecule has 0 radical (unpaired) electrons. The number of rotatable bonds is 5. The van der Waals surface area contributed by atoms with Gasteiger partial charge in [0, 0.05) is 12.2 Å². The van der Waals surface area contributed by atoms with Crippen molar-refractivity contribution in [2.45, 2.75) is 20.8 Å². The molecule has 2 N–H and O–H groups in total. The Bertz CT molecular complexity index is 699. The zero-order valence-electron chi connectivity index (χ0n) is 13.2. The summed E-state index contributed by atoms with van der Waals surface area (Å²) >= 11 is 0. The molecule has 5 nitrogen and oxygen atoms in total. The number of halogens is 2. The quantitative estimate of drug-likeness (QED) is 0.888. The third kappa shape index (κ3) is 4.45. The summed E-state index contributed by atoms with van der Waals surface area (Å²) in [5, 5.41) is 5.22. The van der Waals surface area contributed by atoms with Crippen LogP contribution in [0.2, 0.25) is 0 Å². The first-order chi connectivity index (χ1) is 10.9. The summed E-state index contributed by atoms with van der Waals surface area (Å²) in [6, 6.07) is 5.02. The smallest absolute Gasteiger partial charge is 0.270 e. The summed E-state index contributed by atoms with van der Waals surface area (Å²) in [6.45, 7) is 6.12. The number of nitrogens with zero attached hydrogens (tertiary/aromatic N) is 2. The van der Waals surface area contributed by atoms with Crippen LogP contribution in [-0.2, 0) is 0 Å². The van der Waals surface area contributed by atoms with Gasteiger partial charge < -0.3 is 10.6 Å². The van der Waals surface area contributed by atoms with Crippen LogP contribution < -0.4 is 10.6 Å². The third-order valence-electron chi connectivity index (χ3n) is 2.96. The van der Waals surface area contributed by atoms with Crippen LogP contribution >= 0.6 is 0 Å². The Morgan fingerprint density at radius 3 is 2.48 bits per heavy atom. The van der Waals surface area contributed by atoms with Crippen molar-refractivity contribution in [2.75, 3.05) is 11.9 Å². The van der Waals surface area contributed by atoms with Crippen LogP contribution in [0.1, 0.15) is 30.0 Å². The zero-order valence-corrected chi connectivity index (χ0v) is 13.2. The van der Waals surface area contributed by atoms with E-state index in [1.54, 1.807) is 6.92 Å². The van der Waals surface area contributed by atoms with E-state index >= 15 is 0 Å². The van der Waals surface area contributed by atoms with Gasteiger partial charge in [-0.05, 0) is 31.0 Å². The number of carbonyl (C=O) groups excluding carboxylic acids is 1. The maximum absolute atomic E-state index is 13.7. The first-order valence-electron chi connectivity index (χ1n) is 7.21. The summed E-state index contributed by atoms with van der Waals surface area (Å²) < 4.78 is 27.3. The van der Waals surface area contributed by atoms with E-state index in [-0.39, 0.29) is 23.2 Å². The van der Waals surface area contributed by atoms with Crippen molar-refractivity contribution < 1.29 is 13.6 Å². The van der Waals surface area contributed by atoms with E-state index < -0.39 is 11.6 Å². The first kappa shape index (κ1) is 16.8. The average molecular weight is 320 g/mol. The molecule has 122 valence electrons. The third-order valence-corrected chi connectivity index (χ3v) is 2.96. The Morgan fingerprint density at radius 2 is 1.87 bits per heavy atom. The molecule has 1 heterocycles. The maximum atomic E-state index is 13.7. The van der Waals surface area contributed by atoms with Gasteiger partial charge in [0.25, 0.3) is 5.91 Å². The Kier molecular flexibility index (Phi) is 5.20. The average Bonchev–Trinajstić information content (AvgIpc) is 2.48. The molecule has 0 saturated heterocycles. The van der Waals surface area contributed by atoms with E-state index in [2.05, 4.69) is 20.6 Å². The van der Waals surface area contributed by atoms with Crippen LogP contribution in [0.15, 0.2) is 24.3 Å². The molecule has 23 heavy (non-hydrogen) atoms. The molecule has 1 aromatic heterocycles. The van der Waals surface area contributed by atoms with Crippen LogP contribution in [0.4, 0.5) is 20.4 Å². The van der Waals surface area contributed by atoms with Gasteiger partial charge in [-0.2, -0.15) is 0 Å². The molecule has 0 aliphatic carbocycles. The number of hydrogen-bond donors (Lipinski definition) is 2. The Morgan fingerprint density at radius 1 is 1.22 bits per heavy atom. The number of amides is 1. The van der Waals surface area contributed by atoms with Gasteiger partial charge in [0.15, 0.2) is 0 Å². The SMILES string of the molecule is Cc1cc(C(=O)NCC(C)C)nc(Nc2c(F)cccc2F)n1. The lowest BCUT2D eigenvalue weighted by Gasteiger charge is -2.10. The van der Waals surface area contributed by atoms with Gasteiger partial charge in [-0.3, -0.25) is 4.79 Å². The molecule has 0 bridgehead atoms. The van der Waals surface area contributed by atoms with E-state index in [0.29, 0.717) is 18.2 Å². The number of carbonyl (C=O) groups is 1. The molecule has 0 aliphatic heterocycles. The summed E-state index contributed by atoms with van der Waals surface area (Å²) in [6.07, 6.45) is 0. The minimum Gasteiger partial charge on any atom is -0.350 e. The molecule has 0 fully saturated rings. The lowest BCUT2D eigenvalue weighted by Crippen LogP contribution is -2.28. The largest absolute Gasteiger partial charge is 0.350 e. The number of hydrogen-bond acceptors (Lipinski definition) is 4. The summed E-state index contributed by atoms with van der Waals surface area (Å²) in [7, 11) is 0. The molecule has 2 rings (SSSR count). The van der Waals surface area contributed by atoms with Crippen molar-refractivity contribution in [3.63, 3.8) is 0 Å². The Hall–Kier alpha value is -2.57. The van der Waals surface area contributed by atoms with E-state index in [1.807, 2.05) is 13.8 Å². The highest BCUT2D eigenvalue weighted by Crippen LogP contribution is 2.21. The summed E-state index contributed by atoms with van der Waals surface area (Å²) in [4.78, 5) is 20.1. The topological polar surface area (TPSA) is 66.9 Å². The monoisotopic (exact) mass is 320 g/mol. The molecular formula is C16H18F2N4O. The lowest BCUT2D eigenvalue weighted by atomic mass is 10.2. The highest BCUT2D eigenvalue weighted by molar-refractivity contribution is 5.92. The Balaban J connectivity index is 2.25. The van der Waals surface area contributed by atoms with Gasteiger partial charge in [-0.15, -0.1) is 0 Å². The van der Waals surface area contributed by atoms with Crippen molar-refractivity contribution in [3.8, 4) is 0 Å². The van der Waals surface area contributed by atoms with E-state index in [9.17, 15) is 13.6 Å². The fourth-order valence-electron chi connectivity index (χ4n) is 1.86. The molecule has 2 aromatic rings. The molecule has 1 aromatic carbocycles. The normalized spacial score (nSPS) is 10.7. The van der Waals surface area contributed by atoms with Crippen molar-refractivity contribution in [1.29, 1.82) is 0 Å². The number of benzene rings is 1. The zero-order chi connectivity index (χ0) is 17.0. The van der Waals surface area contributed by atoms with E-state index in [1.165, 1.54) is 12.1 Å². The van der Waals surface area contributed by atoms with Crippen LogP contribution in [-0.4, -0.2) is 22.4 Å². The fraction of sp³-hybridized carbons (Fsp3) is 0.312. The second-order valence-electron chi connectivity index (χ2n) is 5.54.